The zero-order valence-electron chi connectivity index (χ0n) is 15.6. The van der Waals surface area contributed by atoms with Crippen LogP contribution in [0.2, 0.25) is 0 Å². The predicted octanol–water partition coefficient (Wildman–Crippen LogP) is 0.665. The summed E-state index contributed by atoms with van der Waals surface area (Å²) in [6.07, 6.45) is 3.54. The minimum atomic E-state index is -0.672. The van der Waals surface area contributed by atoms with Gasteiger partial charge in [0.2, 0.25) is 11.8 Å². The van der Waals surface area contributed by atoms with Crippen molar-refractivity contribution in [2.45, 2.75) is 51.2 Å². The number of carbonyl (C=O) groups is 2. The van der Waals surface area contributed by atoms with Crippen LogP contribution >= 0.6 is 0 Å². The number of aliphatic hydroxyl groups excluding tert-OH is 1. The van der Waals surface area contributed by atoms with Crippen molar-refractivity contribution in [3.63, 3.8) is 0 Å². The summed E-state index contributed by atoms with van der Waals surface area (Å²) in [4.78, 5) is 40.2. The molecule has 0 spiro atoms. The van der Waals surface area contributed by atoms with E-state index in [0.717, 1.165) is 31.4 Å². The van der Waals surface area contributed by atoms with Gasteiger partial charge in [0.1, 0.15) is 6.04 Å². The maximum atomic E-state index is 13.3. The monoisotopic (exact) mass is 373 g/mol. The number of aliphatic hydroxyl groups is 1. The van der Waals surface area contributed by atoms with Crippen LogP contribution in [0, 0.1) is 17.8 Å². The summed E-state index contributed by atoms with van der Waals surface area (Å²) in [7, 11) is 0. The number of hydrogen-bond acceptors (Lipinski definition) is 4. The zero-order chi connectivity index (χ0) is 19.1. The van der Waals surface area contributed by atoms with Gasteiger partial charge in [0.05, 0.1) is 6.04 Å². The average molecular weight is 373 g/mol. The van der Waals surface area contributed by atoms with Crippen molar-refractivity contribution in [3.05, 3.63) is 34.2 Å². The SMILES string of the molecule is CCCNC(=O)[C@@H]1[C@@H](CO)[C@@H]2Cn3c(cccc3=O)[C@@H]2N1C(=O)C1CCC1. The van der Waals surface area contributed by atoms with Gasteiger partial charge >= 0.3 is 0 Å². The summed E-state index contributed by atoms with van der Waals surface area (Å²) in [6.45, 7) is 2.79. The number of amides is 2. The Hall–Kier alpha value is -2.15. The fraction of sp³-hybridized carbons (Fsp3) is 0.650. The smallest absolute Gasteiger partial charge is 0.250 e. The molecule has 3 aliphatic rings. The Labute approximate surface area is 158 Å². The van der Waals surface area contributed by atoms with Gasteiger partial charge in [0.25, 0.3) is 5.56 Å². The van der Waals surface area contributed by atoms with E-state index in [1.165, 1.54) is 6.07 Å². The normalized spacial score (nSPS) is 29.2. The zero-order valence-corrected chi connectivity index (χ0v) is 15.6. The molecule has 4 rings (SSSR count). The largest absolute Gasteiger partial charge is 0.396 e. The van der Waals surface area contributed by atoms with Crippen molar-refractivity contribution in [1.82, 2.24) is 14.8 Å². The topological polar surface area (TPSA) is 91.6 Å². The van der Waals surface area contributed by atoms with Crippen molar-refractivity contribution in [3.8, 4) is 0 Å². The summed E-state index contributed by atoms with van der Waals surface area (Å²) in [5, 5.41) is 13.0. The van der Waals surface area contributed by atoms with E-state index in [4.69, 9.17) is 0 Å². The third-order valence-corrected chi connectivity index (χ3v) is 6.48. The first kappa shape index (κ1) is 18.2. The Kier molecular flexibility index (Phi) is 4.80. The standard InChI is InChI=1S/C20H27N3O4/c1-2-9-21-19(26)18-14(11-24)13-10-22-15(7-4-8-16(22)25)17(13)23(18)20(27)12-5-3-6-12/h4,7-8,12-14,17-18,24H,2-3,5-6,9-11H2,1H3,(H,21,26)/t13-,14-,17+,18-/m0/s1. The Bertz CT molecular complexity index is 801. The lowest BCUT2D eigenvalue weighted by Crippen LogP contribution is -2.52. The van der Waals surface area contributed by atoms with Crippen LogP contribution in [0.4, 0.5) is 0 Å². The van der Waals surface area contributed by atoms with Crippen LogP contribution in [0.15, 0.2) is 23.0 Å². The summed E-state index contributed by atoms with van der Waals surface area (Å²) >= 11 is 0. The van der Waals surface area contributed by atoms with Gasteiger partial charge in [-0.25, -0.2) is 0 Å². The highest BCUT2D eigenvalue weighted by molar-refractivity contribution is 5.90. The Balaban J connectivity index is 1.76. The molecule has 1 saturated carbocycles. The number of aromatic nitrogens is 1. The van der Waals surface area contributed by atoms with Crippen LogP contribution in [0.5, 0.6) is 0 Å². The maximum Gasteiger partial charge on any atom is 0.250 e. The number of likely N-dealkylation sites (tertiary alicyclic amines) is 1. The van der Waals surface area contributed by atoms with Gasteiger partial charge in [0, 0.05) is 49.2 Å². The van der Waals surface area contributed by atoms with Crippen molar-refractivity contribution >= 4 is 11.8 Å². The van der Waals surface area contributed by atoms with Gasteiger partial charge < -0.3 is 19.9 Å². The molecule has 146 valence electrons. The highest BCUT2D eigenvalue weighted by Crippen LogP contribution is 2.50. The molecule has 1 saturated heterocycles. The summed E-state index contributed by atoms with van der Waals surface area (Å²) in [6, 6.07) is 4.10. The number of nitrogens with one attached hydrogen (secondary N) is 1. The summed E-state index contributed by atoms with van der Waals surface area (Å²) in [5.74, 6) is -0.730. The molecule has 1 aromatic rings. The highest BCUT2D eigenvalue weighted by atomic mass is 16.3. The second-order valence-electron chi connectivity index (χ2n) is 7.96. The van der Waals surface area contributed by atoms with Gasteiger partial charge in [-0.2, -0.15) is 0 Å². The van der Waals surface area contributed by atoms with Gasteiger partial charge in [-0.3, -0.25) is 14.4 Å². The fourth-order valence-corrected chi connectivity index (χ4v) is 4.90. The minimum absolute atomic E-state index is 0.00593. The third-order valence-electron chi connectivity index (χ3n) is 6.48. The molecule has 2 fully saturated rings. The number of carbonyl (C=O) groups excluding carboxylic acids is 2. The number of rotatable bonds is 5. The van der Waals surface area contributed by atoms with E-state index < -0.39 is 6.04 Å². The van der Waals surface area contributed by atoms with Gasteiger partial charge in [-0.05, 0) is 25.3 Å². The molecule has 1 aliphatic carbocycles. The molecular formula is C20H27N3O4. The first-order valence-corrected chi connectivity index (χ1v) is 9.99. The third kappa shape index (κ3) is 2.79. The molecule has 27 heavy (non-hydrogen) atoms. The van der Waals surface area contributed by atoms with E-state index in [1.807, 2.05) is 13.0 Å². The van der Waals surface area contributed by atoms with Crippen LogP contribution in [-0.2, 0) is 16.1 Å². The van der Waals surface area contributed by atoms with E-state index in [1.54, 1.807) is 15.5 Å². The molecule has 0 unspecified atom stereocenters. The molecular weight excluding hydrogens is 346 g/mol. The van der Waals surface area contributed by atoms with Gasteiger partial charge in [-0.1, -0.05) is 19.4 Å². The van der Waals surface area contributed by atoms with Crippen molar-refractivity contribution in [1.29, 1.82) is 0 Å². The molecule has 2 amide bonds. The van der Waals surface area contributed by atoms with Gasteiger partial charge in [0.15, 0.2) is 0 Å². The lowest BCUT2D eigenvalue weighted by Gasteiger charge is -2.36. The second kappa shape index (κ2) is 7.11. The Morgan fingerprint density at radius 1 is 1.30 bits per heavy atom. The summed E-state index contributed by atoms with van der Waals surface area (Å²) in [5.41, 5.74) is 0.686. The fourth-order valence-electron chi connectivity index (χ4n) is 4.90. The van der Waals surface area contributed by atoms with Crippen molar-refractivity contribution in [2.75, 3.05) is 13.2 Å². The van der Waals surface area contributed by atoms with E-state index >= 15 is 0 Å². The highest BCUT2D eigenvalue weighted by Gasteiger charge is 2.58. The van der Waals surface area contributed by atoms with Crippen LogP contribution in [0.3, 0.4) is 0 Å². The second-order valence-corrected chi connectivity index (χ2v) is 7.96. The first-order chi connectivity index (χ1) is 13.1. The van der Waals surface area contributed by atoms with E-state index in [2.05, 4.69) is 5.32 Å². The predicted molar refractivity (Wildman–Crippen MR) is 98.8 cm³/mol. The lowest BCUT2D eigenvalue weighted by molar-refractivity contribution is -0.147. The molecule has 1 aromatic heterocycles. The van der Waals surface area contributed by atoms with Crippen LogP contribution < -0.4 is 10.9 Å². The average Bonchev–Trinajstić information content (AvgIpc) is 3.13. The molecule has 7 heteroatoms. The summed E-state index contributed by atoms with van der Waals surface area (Å²) < 4.78 is 1.69. The Morgan fingerprint density at radius 2 is 2.07 bits per heavy atom. The van der Waals surface area contributed by atoms with Crippen LogP contribution in [0.1, 0.15) is 44.3 Å². The molecule has 2 N–H and O–H groups in total. The van der Waals surface area contributed by atoms with Crippen molar-refractivity contribution in [2.24, 2.45) is 17.8 Å². The molecule has 0 bridgehead atoms. The van der Waals surface area contributed by atoms with Gasteiger partial charge in [-0.15, -0.1) is 0 Å². The number of nitrogens with zero attached hydrogens (tertiary/aromatic N) is 2. The van der Waals surface area contributed by atoms with Crippen molar-refractivity contribution < 1.29 is 14.7 Å². The van der Waals surface area contributed by atoms with E-state index in [-0.39, 0.29) is 47.8 Å². The van der Waals surface area contributed by atoms with Crippen LogP contribution in [0.25, 0.3) is 0 Å². The molecule has 4 atom stereocenters. The number of fused-ring (bicyclic) bond motifs is 3. The molecule has 0 aromatic carbocycles. The molecule has 2 aliphatic heterocycles. The molecule has 3 heterocycles. The minimum Gasteiger partial charge on any atom is -0.396 e. The van der Waals surface area contributed by atoms with E-state index in [0.29, 0.717) is 13.1 Å². The molecule has 7 nitrogen and oxygen atoms in total. The van der Waals surface area contributed by atoms with E-state index in [9.17, 15) is 19.5 Å². The number of pyridine rings is 1. The number of hydrogen-bond donors (Lipinski definition) is 2. The molecule has 0 radical (unpaired) electrons. The Morgan fingerprint density at radius 3 is 2.70 bits per heavy atom. The maximum absolute atomic E-state index is 13.3. The lowest BCUT2D eigenvalue weighted by atomic mass is 9.84. The first-order valence-electron chi connectivity index (χ1n) is 9.99. The van der Waals surface area contributed by atoms with Crippen LogP contribution in [-0.4, -0.2) is 45.6 Å². The quantitative estimate of drug-likeness (QED) is 0.793.